The van der Waals surface area contributed by atoms with E-state index in [0.29, 0.717) is 13.2 Å². The minimum Gasteiger partial charge on any atom is -0.391 e. The van der Waals surface area contributed by atoms with Crippen molar-refractivity contribution in [1.82, 2.24) is 0 Å². The largest absolute Gasteiger partial charge is 0.391 e. The molecule has 0 aliphatic heterocycles. The van der Waals surface area contributed by atoms with Gasteiger partial charge in [0.2, 0.25) is 0 Å². The summed E-state index contributed by atoms with van der Waals surface area (Å²) >= 11 is 0. The first-order valence-electron chi connectivity index (χ1n) is 5.24. The van der Waals surface area contributed by atoms with Crippen molar-refractivity contribution in [3.05, 3.63) is 0 Å². The van der Waals surface area contributed by atoms with E-state index in [1.165, 1.54) is 0 Å². The highest BCUT2D eigenvalue weighted by atomic mass is 16.5. The van der Waals surface area contributed by atoms with Crippen molar-refractivity contribution in [3.8, 4) is 0 Å². The van der Waals surface area contributed by atoms with Gasteiger partial charge in [-0.3, -0.25) is 0 Å². The van der Waals surface area contributed by atoms with E-state index >= 15 is 0 Å². The molecule has 0 saturated heterocycles. The van der Waals surface area contributed by atoms with Crippen LogP contribution in [0.5, 0.6) is 0 Å². The molecule has 0 aromatic heterocycles. The van der Waals surface area contributed by atoms with Crippen LogP contribution in [-0.2, 0) is 9.47 Å². The van der Waals surface area contributed by atoms with Crippen LogP contribution in [0.25, 0.3) is 0 Å². The number of aliphatic hydroxyl groups excluding tert-OH is 1. The first kappa shape index (κ1) is 13.8. The topological polar surface area (TPSA) is 64.7 Å². The number of hydrogen-bond acceptors (Lipinski definition) is 4. The van der Waals surface area contributed by atoms with Crippen LogP contribution in [0.2, 0.25) is 0 Å². The third-order valence-corrected chi connectivity index (χ3v) is 1.72. The lowest BCUT2D eigenvalue weighted by molar-refractivity contribution is -0.0368. The lowest BCUT2D eigenvalue weighted by atomic mass is 10.3. The average Bonchev–Trinajstić information content (AvgIpc) is 2.14. The van der Waals surface area contributed by atoms with Gasteiger partial charge < -0.3 is 20.3 Å². The van der Waals surface area contributed by atoms with E-state index < -0.39 is 6.10 Å². The standard InChI is InChI=1S/C10H23NO3/c1-9(12)7-14-10(2)8-13-6-4-3-5-11/h9-10,12H,3-8,11H2,1-2H3. The number of hydrogen-bond donors (Lipinski definition) is 2. The molecule has 0 spiro atoms. The van der Waals surface area contributed by atoms with Crippen molar-refractivity contribution in [2.45, 2.75) is 38.9 Å². The Morgan fingerprint density at radius 2 is 1.93 bits per heavy atom. The Kier molecular flexibility index (Phi) is 9.29. The Bertz CT molecular complexity index is 120. The summed E-state index contributed by atoms with van der Waals surface area (Å²) in [7, 11) is 0. The Morgan fingerprint density at radius 1 is 1.21 bits per heavy atom. The molecule has 0 amide bonds. The summed E-state index contributed by atoms with van der Waals surface area (Å²) in [6.07, 6.45) is 1.64. The van der Waals surface area contributed by atoms with Gasteiger partial charge in [0.1, 0.15) is 0 Å². The highest BCUT2D eigenvalue weighted by Gasteiger charge is 2.03. The molecule has 4 nitrogen and oxygen atoms in total. The van der Waals surface area contributed by atoms with Crippen molar-refractivity contribution >= 4 is 0 Å². The molecule has 0 aromatic carbocycles. The molecule has 86 valence electrons. The molecule has 0 bridgehead atoms. The molecule has 3 N–H and O–H groups in total. The monoisotopic (exact) mass is 205 g/mol. The number of ether oxygens (including phenoxy) is 2. The molecule has 0 saturated carbocycles. The zero-order valence-corrected chi connectivity index (χ0v) is 9.24. The van der Waals surface area contributed by atoms with Gasteiger partial charge in [0.05, 0.1) is 25.4 Å². The van der Waals surface area contributed by atoms with Crippen LogP contribution in [0.3, 0.4) is 0 Å². The third-order valence-electron chi connectivity index (χ3n) is 1.72. The summed E-state index contributed by atoms with van der Waals surface area (Å²) in [4.78, 5) is 0. The fourth-order valence-corrected chi connectivity index (χ4v) is 0.949. The predicted molar refractivity (Wildman–Crippen MR) is 56.2 cm³/mol. The van der Waals surface area contributed by atoms with Crippen molar-refractivity contribution in [1.29, 1.82) is 0 Å². The first-order valence-corrected chi connectivity index (χ1v) is 5.24. The number of aliphatic hydroxyl groups is 1. The van der Waals surface area contributed by atoms with Gasteiger partial charge in [-0.2, -0.15) is 0 Å². The average molecular weight is 205 g/mol. The molecule has 0 aliphatic carbocycles. The molecule has 14 heavy (non-hydrogen) atoms. The van der Waals surface area contributed by atoms with E-state index in [2.05, 4.69) is 0 Å². The molecule has 0 fully saturated rings. The number of nitrogens with two attached hydrogens (primary N) is 1. The molecule has 0 rings (SSSR count). The molecule has 4 heteroatoms. The molecular weight excluding hydrogens is 182 g/mol. The molecule has 0 aliphatic rings. The maximum absolute atomic E-state index is 8.96. The van der Waals surface area contributed by atoms with E-state index in [9.17, 15) is 0 Å². The molecule has 0 heterocycles. The van der Waals surface area contributed by atoms with Crippen LogP contribution in [-0.4, -0.2) is 43.7 Å². The van der Waals surface area contributed by atoms with Crippen LogP contribution < -0.4 is 5.73 Å². The molecule has 0 radical (unpaired) electrons. The Hall–Kier alpha value is -0.160. The summed E-state index contributed by atoms with van der Waals surface area (Å²) in [6.45, 7) is 6.04. The number of rotatable bonds is 9. The van der Waals surface area contributed by atoms with E-state index in [0.717, 1.165) is 26.0 Å². The molecule has 2 unspecified atom stereocenters. The molecule has 0 aromatic rings. The highest BCUT2D eigenvalue weighted by molar-refractivity contribution is 4.50. The summed E-state index contributed by atoms with van der Waals surface area (Å²) in [5, 5.41) is 8.96. The van der Waals surface area contributed by atoms with Crippen LogP contribution in [0.1, 0.15) is 26.7 Å². The zero-order chi connectivity index (χ0) is 10.8. The zero-order valence-electron chi connectivity index (χ0n) is 9.24. The maximum Gasteiger partial charge on any atom is 0.0781 e. The van der Waals surface area contributed by atoms with Crippen LogP contribution in [0.15, 0.2) is 0 Å². The quantitative estimate of drug-likeness (QED) is 0.539. The van der Waals surface area contributed by atoms with Crippen molar-refractivity contribution in [2.75, 3.05) is 26.4 Å². The van der Waals surface area contributed by atoms with Gasteiger partial charge in [0, 0.05) is 6.61 Å². The predicted octanol–water partition coefficient (Wildman–Crippen LogP) is 0.528. The van der Waals surface area contributed by atoms with Crippen molar-refractivity contribution < 1.29 is 14.6 Å². The van der Waals surface area contributed by atoms with Crippen LogP contribution in [0.4, 0.5) is 0 Å². The SMILES string of the molecule is CC(O)COC(C)COCCCCN. The van der Waals surface area contributed by atoms with Crippen molar-refractivity contribution in [3.63, 3.8) is 0 Å². The fraction of sp³-hybridized carbons (Fsp3) is 1.00. The van der Waals surface area contributed by atoms with E-state index in [4.69, 9.17) is 20.3 Å². The van der Waals surface area contributed by atoms with E-state index in [-0.39, 0.29) is 6.10 Å². The Balaban J connectivity index is 3.14. The first-order chi connectivity index (χ1) is 6.66. The molecular formula is C10H23NO3. The number of unbranched alkanes of at least 4 members (excludes halogenated alkanes) is 1. The van der Waals surface area contributed by atoms with Gasteiger partial charge in [-0.05, 0) is 33.2 Å². The van der Waals surface area contributed by atoms with Crippen molar-refractivity contribution in [2.24, 2.45) is 5.73 Å². The minimum absolute atomic E-state index is 0.0440. The second-order valence-electron chi connectivity index (χ2n) is 3.56. The van der Waals surface area contributed by atoms with Crippen LogP contribution >= 0.6 is 0 Å². The van der Waals surface area contributed by atoms with E-state index in [1.807, 2.05) is 6.92 Å². The van der Waals surface area contributed by atoms with Gasteiger partial charge in [-0.1, -0.05) is 0 Å². The Morgan fingerprint density at radius 3 is 2.50 bits per heavy atom. The fourth-order valence-electron chi connectivity index (χ4n) is 0.949. The van der Waals surface area contributed by atoms with Crippen LogP contribution in [0, 0.1) is 0 Å². The summed E-state index contributed by atoms with van der Waals surface area (Å²) in [5.41, 5.74) is 5.34. The summed E-state index contributed by atoms with van der Waals surface area (Å²) in [6, 6.07) is 0. The lowest BCUT2D eigenvalue weighted by Gasteiger charge is -2.14. The summed E-state index contributed by atoms with van der Waals surface area (Å²) in [5.74, 6) is 0. The Labute approximate surface area is 86.4 Å². The van der Waals surface area contributed by atoms with Gasteiger partial charge in [-0.25, -0.2) is 0 Å². The normalized spacial score (nSPS) is 15.4. The maximum atomic E-state index is 8.96. The minimum atomic E-state index is -0.408. The molecule has 2 atom stereocenters. The summed E-state index contributed by atoms with van der Waals surface area (Å²) < 4.78 is 10.7. The second kappa shape index (κ2) is 9.40. The van der Waals surface area contributed by atoms with Gasteiger partial charge >= 0.3 is 0 Å². The lowest BCUT2D eigenvalue weighted by Crippen LogP contribution is -2.21. The van der Waals surface area contributed by atoms with Gasteiger partial charge in [-0.15, -0.1) is 0 Å². The van der Waals surface area contributed by atoms with Gasteiger partial charge in [0.25, 0.3) is 0 Å². The van der Waals surface area contributed by atoms with Gasteiger partial charge in [0.15, 0.2) is 0 Å². The van der Waals surface area contributed by atoms with E-state index in [1.54, 1.807) is 6.92 Å². The second-order valence-corrected chi connectivity index (χ2v) is 3.56. The highest BCUT2D eigenvalue weighted by Crippen LogP contribution is 1.95. The smallest absolute Gasteiger partial charge is 0.0781 e. The third kappa shape index (κ3) is 9.92.